The Morgan fingerprint density at radius 1 is 0.955 bits per heavy atom. The Morgan fingerprint density at radius 2 is 1.55 bits per heavy atom. The van der Waals surface area contributed by atoms with Gasteiger partial charge in [0.1, 0.15) is 0 Å². The van der Waals surface area contributed by atoms with Gasteiger partial charge in [-0.2, -0.15) is 0 Å². The highest BCUT2D eigenvalue weighted by atomic mass is 15.1. The minimum absolute atomic E-state index is 0.776. The first-order chi connectivity index (χ1) is 10.8. The van der Waals surface area contributed by atoms with Crippen molar-refractivity contribution in [3.8, 4) is 0 Å². The van der Waals surface area contributed by atoms with Crippen LogP contribution in [0.3, 0.4) is 0 Å². The predicted molar refractivity (Wildman–Crippen MR) is 94.2 cm³/mol. The van der Waals surface area contributed by atoms with Crippen molar-refractivity contribution in [2.45, 2.75) is 44.4 Å². The standard InChI is InChI=1S/C20H32N2/c1-22-13-9-18(10-14-22)16-20(19-5-3-2-4-6-19)15-17-7-11-21-12-8-17/h2-6,17-18,20-21H,7-16H2,1H3. The van der Waals surface area contributed by atoms with E-state index in [1.54, 1.807) is 5.56 Å². The molecule has 1 aromatic carbocycles. The third-order valence-electron chi connectivity index (χ3n) is 5.80. The van der Waals surface area contributed by atoms with E-state index in [2.05, 4.69) is 47.6 Å². The molecule has 0 aliphatic carbocycles. The molecule has 1 aromatic rings. The number of rotatable bonds is 5. The van der Waals surface area contributed by atoms with Crippen molar-refractivity contribution in [3.05, 3.63) is 35.9 Å². The molecule has 1 N–H and O–H groups in total. The lowest BCUT2D eigenvalue weighted by Gasteiger charge is -2.33. The Balaban J connectivity index is 1.63. The fourth-order valence-corrected chi connectivity index (χ4v) is 4.31. The van der Waals surface area contributed by atoms with Crippen LogP contribution in [0.4, 0.5) is 0 Å². The monoisotopic (exact) mass is 300 g/mol. The maximum Gasteiger partial charge on any atom is -0.00191 e. The SMILES string of the molecule is CN1CCC(CC(CC2CCNCC2)c2ccccc2)CC1. The molecule has 0 amide bonds. The minimum atomic E-state index is 0.776. The molecule has 3 rings (SSSR count). The van der Waals surface area contributed by atoms with Crippen LogP contribution >= 0.6 is 0 Å². The fourth-order valence-electron chi connectivity index (χ4n) is 4.31. The first-order valence-electron chi connectivity index (χ1n) is 9.25. The number of hydrogen-bond acceptors (Lipinski definition) is 2. The molecule has 2 aliphatic rings. The Hall–Kier alpha value is -0.860. The molecule has 0 spiro atoms. The largest absolute Gasteiger partial charge is 0.317 e. The maximum atomic E-state index is 3.51. The first-order valence-corrected chi connectivity index (χ1v) is 9.25. The topological polar surface area (TPSA) is 15.3 Å². The third kappa shape index (κ3) is 4.57. The molecule has 2 saturated heterocycles. The van der Waals surface area contributed by atoms with Gasteiger partial charge in [0.15, 0.2) is 0 Å². The van der Waals surface area contributed by atoms with Gasteiger partial charge in [0.2, 0.25) is 0 Å². The average molecular weight is 300 g/mol. The van der Waals surface area contributed by atoms with Crippen LogP contribution in [0.1, 0.15) is 50.0 Å². The number of likely N-dealkylation sites (tertiary alicyclic amines) is 1. The molecule has 0 radical (unpaired) electrons. The summed E-state index contributed by atoms with van der Waals surface area (Å²) >= 11 is 0. The normalized spacial score (nSPS) is 23.5. The molecule has 0 aromatic heterocycles. The van der Waals surface area contributed by atoms with E-state index in [0.717, 1.165) is 17.8 Å². The molecular weight excluding hydrogens is 268 g/mol. The fraction of sp³-hybridized carbons (Fsp3) is 0.700. The smallest absolute Gasteiger partial charge is 0.00191 e. The number of hydrogen-bond donors (Lipinski definition) is 1. The summed E-state index contributed by atoms with van der Waals surface area (Å²) in [5.41, 5.74) is 1.58. The van der Waals surface area contributed by atoms with Crippen molar-refractivity contribution >= 4 is 0 Å². The van der Waals surface area contributed by atoms with Crippen molar-refractivity contribution < 1.29 is 0 Å². The summed E-state index contributed by atoms with van der Waals surface area (Å²) in [7, 11) is 2.26. The summed E-state index contributed by atoms with van der Waals surface area (Å²) in [6.07, 6.45) is 8.34. The zero-order valence-electron chi connectivity index (χ0n) is 14.1. The maximum absolute atomic E-state index is 3.51. The Kier molecular flexibility index (Phi) is 5.91. The molecule has 1 unspecified atom stereocenters. The second-order valence-electron chi connectivity index (χ2n) is 7.52. The molecule has 0 bridgehead atoms. The van der Waals surface area contributed by atoms with E-state index in [1.807, 2.05) is 0 Å². The summed E-state index contributed by atoms with van der Waals surface area (Å²) in [5, 5.41) is 3.51. The van der Waals surface area contributed by atoms with Crippen molar-refractivity contribution in [1.82, 2.24) is 10.2 Å². The molecule has 122 valence electrons. The van der Waals surface area contributed by atoms with Gasteiger partial charge in [-0.3, -0.25) is 0 Å². The molecule has 2 aliphatic heterocycles. The van der Waals surface area contributed by atoms with E-state index in [1.165, 1.54) is 64.7 Å². The van der Waals surface area contributed by atoms with Gasteiger partial charge in [-0.25, -0.2) is 0 Å². The number of nitrogens with one attached hydrogen (secondary N) is 1. The highest BCUT2D eigenvalue weighted by Crippen LogP contribution is 2.36. The van der Waals surface area contributed by atoms with E-state index >= 15 is 0 Å². The summed E-state index contributed by atoms with van der Waals surface area (Å²) in [4.78, 5) is 2.49. The molecule has 2 nitrogen and oxygen atoms in total. The third-order valence-corrected chi connectivity index (χ3v) is 5.80. The van der Waals surface area contributed by atoms with Crippen molar-refractivity contribution in [2.24, 2.45) is 11.8 Å². The van der Waals surface area contributed by atoms with Crippen LogP contribution in [-0.2, 0) is 0 Å². The number of piperidine rings is 2. The second kappa shape index (κ2) is 8.12. The van der Waals surface area contributed by atoms with Crippen LogP contribution in [-0.4, -0.2) is 38.1 Å². The molecule has 2 heteroatoms. The zero-order chi connectivity index (χ0) is 15.2. The van der Waals surface area contributed by atoms with E-state index in [9.17, 15) is 0 Å². The van der Waals surface area contributed by atoms with Crippen LogP contribution in [0.2, 0.25) is 0 Å². The molecule has 0 saturated carbocycles. The van der Waals surface area contributed by atoms with Gasteiger partial charge >= 0.3 is 0 Å². The van der Waals surface area contributed by atoms with Gasteiger partial charge in [-0.15, -0.1) is 0 Å². The van der Waals surface area contributed by atoms with Crippen LogP contribution in [0.15, 0.2) is 30.3 Å². The minimum Gasteiger partial charge on any atom is -0.317 e. The van der Waals surface area contributed by atoms with Gasteiger partial charge in [-0.05, 0) is 95.1 Å². The zero-order valence-corrected chi connectivity index (χ0v) is 14.1. The van der Waals surface area contributed by atoms with Crippen molar-refractivity contribution in [2.75, 3.05) is 33.2 Å². The lowest BCUT2D eigenvalue weighted by atomic mass is 9.77. The highest BCUT2D eigenvalue weighted by Gasteiger charge is 2.25. The Bertz CT molecular complexity index is 417. The molecular formula is C20H32N2. The first kappa shape index (κ1) is 16.0. The lowest BCUT2D eigenvalue weighted by Crippen LogP contribution is -2.31. The molecule has 22 heavy (non-hydrogen) atoms. The van der Waals surface area contributed by atoms with Crippen molar-refractivity contribution in [1.29, 1.82) is 0 Å². The van der Waals surface area contributed by atoms with E-state index in [4.69, 9.17) is 0 Å². The number of nitrogens with zero attached hydrogens (tertiary/aromatic N) is 1. The van der Waals surface area contributed by atoms with E-state index < -0.39 is 0 Å². The Morgan fingerprint density at radius 3 is 2.18 bits per heavy atom. The van der Waals surface area contributed by atoms with Gasteiger partial charge in [-0.1, -0.05) is 30.3 Å². The van der Waals surface area contributed by atoms with Crippen molar-refractivity contribution in [3.63, 3.8) is 0 Å². The summed E-state index contributed by atoms with van der Waals surface area (Å²) in [6, 6.07) is 11.3. The molecule has 1 atom stereocenters. The second-order valence-corrected chi connectivity index (χ2v) is 7.52. The highest BCUT2D eigenvalue weighted by molar-refractivity contribution is 5.19. The molecule has 2 heterocycles. The quantitative estimate of drug-likeness (QED) is 0.887. The predicted octanol–water partition coefficient (Wildman–Crippen LogP) is 3.89. The summed E-state index contributed by atoms with van der Waals surface area (Å²) in [6.45, 7) is 5.03. The van der Waals surface area contributed by atoms with Crippen LogP contribution in [0.25, 0.3) is 0 Å². The Labute approximate surface area is 136 Å². The lowest BCUT2D eigenvalue weighted by molar-refractivity contribution is 0.198. The number of benzene rings is 1. The summed E-state index contributed by atoms with van der Waals surface area (Å²) < 4.78 is 0. The van der Waals surface area contributed by atoms with Crippen LogP contribution in [0, 0.1) is 11.8 Å². The van der Waals surface area contributed by atoms with E-state index in [0.29, 0.717) is 0 Å². The van der Waals surface area contributed by atoms with Crippen LogP contribution in [0.5, 0.6) is 0 Å². The average Bonchev–Trinajstić information content (AvgIpc) is 2.58. The molecule has 2 fully saturated rings. The van der Waals surface area contributed by atoms with Gasteiger partial charge in [0.25, 0.3) is 0 Å². The van der Waals surface area contributed by atoms with E-state index in [-0.39, 0.29) is 0 Å². The van der Waals surface area contributed by atoms with Gasteiger partial charge in [0.05, 0.1) is 0 Å². The van der Waals surface area contributed by atoms with Crippen LogP contribution < -0.4 is 5.32 Å². The summed E-state index contributed by atoms with van der Waals surface area (Å²) in [5.74, 6) is 2.64. The van der Waals surface area contributed by atoms with Gasteiger partial charge < -0.3 is 10.2 Å². The van der Waals surface area contributed by atoms with Gasteiger partial charge in [0, 0.05) is 0 Å².